The first-order valence-corrected chi connectivity index (χ1v) is 32.5. The molecule has 0 aliphatic carbocycles. The maximum absolute atomic E-state index is 13.6. The van der Waals surface area contributed by atoms with Crippen LogP contribution in [0.25, 0.3) is 56.4 Å². The number of benzene rings is 8. The number of tetrazole rings is 3. The van der Waals surface area contributed by atoms with Crippen LogP contribution < -0.4 is 22.2 Å². The number of carbonyl (C=O) groups excluding carboxylic acids is 1. The molecule has 0 radical (unpaired) electrons. The molecular formula is C67H69BBrF4N15O5S3. The zero-order valence-corrected chi connectivity index (χ0v) is 57.6. The van der Waals surface area contributed by atoms with Gasteiger partial charge in [0.1, 0.15) is 0 Å². The van der Waals surface area contributed by atoms with Gasteiger partial charge in [0.15, 0.2) is 23.3 Å². The number of aliphatic carboxylic acids is 1. The van der Waals surface area contributed by atoms with Crippen molar-refractivity contribution in [1.29, 1.82) is 0 Å². The van der Waals surface area contributed by atoms with Crippen molar-refractivity contribution in [3.05, 3.63) is 203 Å². The summed E-state index contributed by atoms with van der Waals surface area (Å²) in [6, 6.07) is 46.9. The number of hydrogen-bond donors (Lipinski definition) is 9. The van der Waals surface area contributed by atoms with E-state index < -0.39 is 36.4 Å². The Morgan fingerprint density at radius 1 is 0.490 bits per heavy atom. The molecule has 0 unspecified atom stereocenters. The number of nitrogens with two attached hydrogens (primary N) is 2. The molecule has 11 aromatic rings. The van der Waals surface area contributed by atoms with Crippen LogP contribution in [-0.4, -0.2) is 110 Å². The SMILES string of the molecule is CC(C)(C)Sc1ccc(-c2ccccc2-c2nn[nH]n2)cc1N.CC(C)(C)Sc1ccc(-c2ccccc2-c2nn[nH]n2)cc1NC(=O)Cc1ccc(F)c(F)c1.CC(C)(C)Sc1ccc(Br)cc1N.O=C(O)Cc1ccc(F)c(F)c1.OB(O)c1ccccc1-c1nn[nH]n1. The van der Waals surface area contributed by atoms with Crippen LogP contribution in [0.15, 0.2) is 183 Å². The Balaban J connectivity index is 0.000000181. The molecule has 498 valence electrons. The summed E-state index contributed by atoms with van der Waals surface area (Å²) in [7, 11) is -1.54. The van der Waals surface area contributed by atoms with Gasteiger partial charge in [0, 0.05) is 61.5 Å². The predicted octanol–water partition coefficient (Wildman–Crippen LogP) is 14.0. The lowest BCUT2D eigenvalue weighted by molar-refractivity contribution is -0.136. The van der Waals surface area contributed by atoms with Crippen LogP contribution >= 0.6 is 51.2 Å². The molecule has 1 amide bonds. The smallest absolute Gasteiger partial charge is 0.481 e. The summed E-state index contributed by atoms with van der Waals surface area (Å²) in [6.45, 7) is 19.3. The van der Waals surface area contributed by atoms with Crippen molar-refractivity contribution in [3.63, 3.8) is 0 Å². The number of nitrogens with zero attached hydrogens (tertiary/aromatic N) is 9. The molecule has 20 nitrogen and oxygen atoms in total. The van der Waals surface area contributed by atoms with Gasteiger partial charge in [-0.15, -0.1) is 65.9 Å². The number of nitrogen functional groups attached to an aromatic ring is 2. The minimum absolute atomic E-state index is 0.0828. The zero-order chi connectivity index (χ0) is 69.9. The fourth-order valence-electron chi connectivity index (χ4n) is 8.76. The van der Waals surface area contributed by atoms with Crippen LogP contribution in [0.4, 0.5) is 34.6 Å². The Bertz CT molecular complexity index is 4370. The molecule has 0 spiro atoms. The van der Waals surface area contributed by atoms with Gasteiger partial charge in [0.2, 0.25) is 23.4 Å². The molecule has 96 heavy (non-hydrogen) atoms. The van der Waals surface area contributed by atoms with E-state index in [0.717, 1.165) is 88.2 Å². The first-order valence-electron chi connectivity index (χ1n) is 29.3. The van der Waals surface area contributed by atoms with Crippen LogP contribution in [0.2, 0.25) is 0 Å². The number of carbonyl (C=O) groups is 2. The molecule has 0 aliphatic heterocycles. The third-order valence-electron chi connectivity index (χ3n) is 12.6. The maximum atomic E-state index is 13.6. The van der Waals surface area contributed by atoms with E-state index in [9.17, 15) is 27.2 Å². The monoisotopic (exact) mass is 1430 g/mol. The Morgan fingerprint density at radius 3 is 1.30 bits per heavy atom. The zero-order valence-electron chi connectivity index (χ0n) is 53.5. The van der Waals surface area contributed by atoms with Crippen molar-refractivity contribution >= 4 is 92.7 Å². The molecule has 0 atom stereocenters. The third-order valence-corrected chi connectivity index (χ3v) is 16.7. The number of aromatic nitrogens is 12. The van der Waals surface area contributed by atoms with Gasteiger partial charge in [0.25, 0.3) is 0 Å². The highest BCUT2D eigenvalue weighted by Gasteiger charge is 2.22. The van der Waals surface area contributed by atoms with Crippen LogP contribution in [-0.2, 0) is 22.4 Å². The number of thioether (sulfide) groups is 3. The Hall–Kier alpha value is -9.26. The summed E-state index contributed by atoms with van der Waals surface area (Å²) in [4.78, 5) is 26.1. The number of aromatic amines is 3. The minimum Gasteiger partial charge on any atom is -0.481 e. The number of H-pyrrole nitrogens is 3. The molecule has 8 aromatic carbocycles. The van der Waals surface area contributed by atoms with Crippen molar-refractivity contribution in [2.75, 3.05) is 16.8 Å². The lowest BCUT2D eigenvalue weighted by atomic mass is 9.77. The second-order valence-electron chi connectivity index (χ2n) is 23.8. The maximum Gasteiger partial charge on any atom is 0.489 e. The topological polar surface area (TPSA) is 322 Å². The van der Waals surface area contributed by atoms with Crippen molar-refractivity contribution in [3.8, 4) is 56.4 Å². The van der Waals surface area contributed by atoms with Crippen molar-refractivity contribution in [2.45, 2.75) is 104 Å². The Morgan fingerprint density at radius 2 is 0.885 bits per heavy atom. The normalized spacial score (nSPS) is 11.1. The molecule has 0 bridgehead atoms. The van der Waals surface area contributed by atoms with Gasteiger partial charge in [-0.3, -0.25) is 9.59 Å². The van der Waals surface area contributed by atoms with E-state index >= 15 is 0 Å². The Labute approximate surface area is 573 Å². The van der Waals surface area contributed by atoms with Gasteiger partial charge in [-0.25, -0.2) is 17.6 Å². The van der Waals surface area contributed by atoms with E-state index in [1.165, 1.54) is 12.1 Å². The number of halogens is 5. The molecule has 0 saturated heterocycles. The fourth-order valence-corrected chi connectivity index (χ4v) is 12.1. The molecule has 0 saturated carbocycles. The molecule has 11 N–H and O–H groups in total. The van der Waals surface area contributed by atoms with Crippen molar-refractivity contribution in [2.24, 2.45) is 0 Å². The second kappa shape index (κ2) is 33.9. The summed E-state index contributed by atoms with van der Waals surface area (Å²) < 4.78 is 52.9. The lowest BCUT2D eigenvalue weighted by Crippen LogP contribution is -2.31. The average molecular weight is 1430 g/mol. The number of amides is 1. The van der Waals surface area contributed by atoms with Gasteiger partial charge < -0.3 is 31.9 Å². The van der Waals surface area contributed by atoms with Gasteiger partial charge in [-0.2, -0.15) is 15.6 Å². The largest absolute Gasteiger partial charge is 0.489 e. The third kappa shape index (κ3) is 23.0. The first kappa shape index (κ1) is 74.1. The lowest BCUT2D eigenvalue weighted by Gasteiger charge is -2.21. The van der Waals surface area contributed by atoms with Gasteiger partial charge in [-0.05, 0) is 121 Å². The van der Waals surface area contributed by atoms with Crippen LogP contribution in [0.3, 0.4) is 0 Å². The highest BCUT2D eigenvalue weighted by Crippen LogP contribution is 2.42. The van der Waals surface area contributed by atoms with Crippen molar-refractivity contribution in [1.82, 2.24) is 61.9 Å². The van der Waals surface area contributed by atoms with Gasteiger partial charge in [0.05, 0.1) is 18.5 Å². The molecule has 11 rings (SSSR count). The van der Waals surface area contributed by atoms with E-state index in [4.69, 9.17) is 26.6 Å². The summed E-state index contributed by atoms with van der Waals surface area (Å²) in [5.41, 5.74) is 21.5. The minimum atomic E-state index is -1.54. The summed E-state index contributed by atoms with van der Waals surface area (Å²) in [6.07, 6.45) is -0.377. The predicted molar refractivity (Wildman–Crippen MR) is 376 cm³/mol. The molecule has 29 heteroatoms. The first-order chi connectivity index (χ1) is 45.4. The molecule has 3 aromatic heterocycles. The van der Waals surface area contributed by atoms with Crippen molar-refractivity contribution < 1.29 is 42.3 Å². The van der Waals surface area contributed by atoms with Crippen LogP contribution in [0, 0.1) is 23.3 Å². The highest BCUT2D eigenvalue weighted by molar-refractivity contribution is 9.10. The van der Waals surface area contributed by atoms with Crippen LogP contribution in [0.5, 0.6) is 0 Å². The summed E-state index contributed by atoms with van der Waals surface area (Å²) >= 11 is 8.57. The summed E-state index contributed by atoms with van der Waals surface area (Å²) in [5.74, 6) is -3.92. The fraction of sp³-hybridized carbons (Fsp3) is 0.209. The van der Waals surface area contributed by atoms with Gasteiger partial charge in [-0.1, -0.05) is 175 Å². The highest BCUT2D eigenvalue weighted by atomic mass is 79.9. The summed E-state index contributed by atoms with van der Waals surface area (Å²) in [5, 5.41) is 71.2. The van der Waals surface area contributed by atoms with E-state index in [1.54, 1.807) is 59.6 Å². The molecule has 0 fully saturated rings. The van der Waals surface area contributed by atoms with E-state index in [2.05, 4.69) is 164 Å². The van der Waals surface area contributed by atoms with E-state index in [-0.39, 0.29) is 38.6 Å². The quantitative estimate of drug-likeness (QED) is 0.0211. The number of anilines is 3. The molecule has 0 aliphatic rings. The number of nitrogens with one attached hydrogen (secondary N) is 4. The second-order valence-corrected chi connectivity index (χ2v) is 30.4. The molecule has 3 heterocycles. The standard InChI is InChI=1S/C25H23F2N5OS.C17H19N5S.C10H14BrNS.C8H6F2O2.C7H7BN4O2/c1-25(2,3)34-22-11-9-16(17-6-4-5-7-18(17)24-29-31-32-30-24)14-21(22)28-23(33)13-15-8-10-19(26)20(27)12-15;1-17(2,3)23-15-9-8-11(10-14(15)18)12-6-4-5-7-13(12)16-19-21-22-20-16;1-10(2,3)13-9-5-4-7(11)6-8(9)12;9-6-2-1-5(3-7(6)10)4-8(11)12;13-8(14)6-4-2-1-3-5(6)7-9-11-12-10-7/h4-12,14H,13H2,1-3H3,(H,28,33)(H,29,30,31,32);4-10H,18H2,1-3H3,(H,19,20,21,22);4-6H,12H2,1-3H3;1-3H,4H2,(H,11,12);1-4,13-14H,(H,9,10,11,12). The van der Waals surface area contributed by atoms with Gasteiger partial charge >= 0.3 is 13.1 Å². The Kier molecular flexibility index (Phi) is 26.2. The number of carboxylic acid groups (broad SMARTS) is 1. The average Bonchev–Trinajstić information content (AvgIpc) is 1.23. The number of rotatable bonds is 14. The van der Waals surface area contributed by atoms with Crippen LogP contribution in [0.1, 0.15) is 73.4 Å². The van der Waals surface area contributed by atoms with E-state index in [0.29, 0.717) is 39.8 Å². The van der Waals surface area contributed by atoms with E-state index in [1.807, 2.05) is 84.9 Å². The number of hydrogen-bond acceptors (Lipinski definition) is 18. The molecular weight excluding hydrogens is 1360 g/mol. The number of carboxylic acids is 1.